The molecule has 1 unspecified atom stereocenters. The fourth-order valence-electron chi connectivity index (χ4n) is 1.91. The van der Waals surface area contributed by atoms with E-state index >= 15 is 0 Å². The summed E-state index contributed by atoms with van der Waals surface area (Å²) in [4.78, 5) is 0. The molecule has 1 atom stereocenters. The van der Waals surface area contributed by atoms with E-state index < -0.39 is 6.72 Å². The highest BCUT2D eigenvalue weighted by atomic mass is 35.7. The molecular formula is C14H22ClO3P. The minimum absolute atomic E-state index is 0.0987. The first kappa shape index (κ1) is 16.6. The van der Waals surface area contributed by atoms with Gasteiger partial charge in [-0.1, -0.05) is 45.9 Å². The zero-order chi connectivity index (χ0) is 14.6. The Morgan fingerprint density at radius 1 is 1.16 bits per heavy atom. The second-order valence-corrected chi connectivity index (χ2v) is 8.34. The van der Waals surface area contributed by atoms with Gasteiger partial charge >= 0.3 is 6.72 Å². The maximum Gasteiger partial charge on any atom is 0.361 e. The van der Waals surface area contributed by atoms with Gasteiger partial charge in [-0.05, 0) is 34.2 Å². The van der Waals surface area contributed by atoms with Crippen molar-refractivity contribution in [3.63, 3.8) is 0 Å². The summed E-state index contributed by atoms with van der Waals surface area (Å²) in [7, 11) is 1.45. The molecule has 0 aliphatic rings. The van der Waals surface area contributed by atoms with Crippen LogP contribution in [0.4, 0.5) is 0 Å². The highest BCUT2D eigenvalue weighted by molar-refractivity contribution is 7.85. The lowest BCUT2D eigenvalue weighted by Gasteiger charge is -2.21. The lowest BCUT2D eigenvalue weighted by molar-refractivity contribution is 0.242. The molecule has 0 saturated heterocycles. The molecule has 1 rings (SSSR count). The van der Waals surface area contributed by atoms with E-state index in [1.807, 2.05) is 18.2 Å². The van der Waals surface area contributed by atoms with Crippen LogP contribution in [0.2, 0.25) is 0 Å². The average molecular weight is 305 g/mol. The second kappa shape index (κ2) is 6.78. The molecule has 0 radical (unpaired) electrons. The Bertz CT molecular complexity index is 446. The van der Waals surface area contributed by atoms with E-state index in [1.165, 1.54) is 7.11 Å². The van der Waals surface area contributed by atoms with Gasteiger partial charge in [-0.25, -0.2) is 0 Å². The van der Waals surface area contributed by atoms with E-state index in [-0.39, 0.29) is 18.2 Å². The SMILES string of the molecule is COCP(=O)(Cl)Oc1c(C(C)C)cccc1C(C)C. The summed E-state index contributed by atoms with van der Waals surface area (Å²) in [5.41, 5.74) is 2.03. The van der Waals surface area contributed by atoms with Crippen molar-refractivity contribution in [2.45, 2.75) is 39.5 Å². The smallest absolute Gasteiger partial charge is 0.361 e. The lowest BCUT2D eigenvalue weighted by Crippen LogP contribution is -2.03. The number of rotatable bonds is 6. The van der Waals surface area contributed by atoms with Crippen LogP contribution in [-0.4, -0.2) is 13.5 Å². The van der Waals surface area contributed by atoms with Gasteiger partial charge in [0.05, 0.1) is 0 Å². The minimum atomic E-state index is -3.30. The van der Waals surface area contributed by atoms with Crippen molar-refractivity contribution in [3.05, 3.63) is 29.3 Å². The molecule has 0 aliphatic carbocycles. The van der Waals surface area contributed by atoms with Crippen LogP contribution in [0.3, 0.4) is 0 Å². The highest BCUT2D eigenvalue weighted by Crippen LogP contribution is 2.54. The van der Waals surface area contributed by atoms with Gasteiger partial charge in [0.1, 0.15) is 12.1 Å². The molecule has 5 heteroatoms. The van der Waals surface area contributed by atoms with Crippen LogP contribution >= 0.6 is 18.0 Å². The largest absolute Gasteiger partial charge is 0.431 e. The van der Waals surface area contributed by atoms with E-state index in [2.05, 4.69) is 27.7 Å². The summed E-state index contributed by atoms with van der Waals surface area (Å²) in [5, 5.41) is 0. The first-order chi connectivity index (χ1) is 8.78. The zero-order valence-electron chi connectivity index (χ0n) is 12.1. The molecule has 0 amide bonds. The monoisotopic (exact) mass is 304 g/mol. The Kier molecular flexibility index (Phi) is 5.91. The van der Waals surface area contributed by atoms with Gasteiger partial charge in [0.25, 0.3) is 0 Å². The number of benzene rings is 1. The molecular weight excluding hydrogens is 283 g/mol. The van der Waals surface area contributed by atoms with Gasteiger partial charge in [0, 0.05) is 7.11 Å². The van der Waals surface area contributed by atoms with E-state index in [0.29, 0.717) is 5.75 Å². The molecule has 0 spiro atoms. The fourth-order valence-corrected chi connectivity index (χ4v) is 3.25. The third kappa shape index (κ3) is 4.52. The summed E-state index contributed by atoms with van der Waals surface area (Å²) in [5.74, 6) is 1.18. The second-order valence-electron chi connectivity index (χ2n) is 5.17. The number of ether oxygens (including phenoxy) is 1. The molecule has 1 aromatic carbocycles. The van der Waals surface area contributed by atoms with Crippen molar-refractivity contribution in [2.75, 3.05) is 13.5 Å². The molecule has 0 N–H and O–H groups in total. The van der Waals surface area contributed by atoms with Crippen LogP contribution in [0.15, 0.2) is 18.2 Å². The predicted octanol–water partition coefficient (Wildman–Crippen LogP) is 5.35. The number of methoxy groups -OCH3 is 1. The molecule has 0 heterocycles. The molecule has 0 saturated carbocycles. The van der Waals surface area contributed by atoms with Crippen LogP contribution in [0.25, 0.3) is 0 Å². The van der Waals surface area contributed by atoms with Gasteiger partial charge in [0.15, 0.2) is 0 Å². The topological polar surface area (TPSA) is 35.5 Å². The van der Waals surface area contributed by atoms with Crippen LogP contribution < -0.4 is 4.52 Å². The number of para-hydroxylation sites is 1. The Labute approximate surface area is 120 Å². The molecule has 108 valence electrons. The van der Waals surface area contributed by atoms with Crippen molar-refractivity contribution >= 4 is 18.0 Å². The third-order valence-electron chi connectivity index (χ3n) is 2.83. The number of hydrogen-bond donors (Lipinski definition) is 0. The van der Waals surface area contributed by atoms with Crippen LogP contribution in [0, 0.1) is 0 Å². The fraction of sp³-hybridized carbons (Fsp3) is 0.571. The molecule has 19 heavy (non-hydrogen) atoms. The van der Waals surface area contributed by atoms with Gasteiger partial charge in [-0.3, -0.25) is 4.57 Å². The maximum absolute atomic E-state index is 12.2. The third-order valence-corrected chi connectivity index (χ3v) is 4.35. The van der Waals surface area contributed by atoms with E-state index in [1.54, 1.807) is 0 Å². The predicted molar refractivity (Wildman–Crippen MR) is 80.6 cm³/mol. The normalized spacial score (nSPS) is 14.7. The van der Waals surface area contributed by atoms with Crippen LogP contribution in [0.5, 0.6) is 5.75 Å². The van der Waals surface area contributed by atoms with Crippen molar-refractivity contribution < 1.29 is 13.8 Å². The van der Waals surface area contributed by atoms with Gasteiger partial charge < -0.3 is 9.26 Å². The summed E-state index contributed by atoms with van der Waals surface area (Å²) in [6, 6.07) is 5.96. The van der Waals surface area contributed by atoms with E-state index in [4.69, 9.17) is 20.5 Å². The van der Waals surface area contributed by atoms with Crippen LogP contribution in [-0.2, 0) is 9.30 Å². The van der Waals surface area contributed by atoms with Crippen molar-refractivity contribution in [2.24, 2.45) is 0 Å². The van der Waals surface area contributed by atoms with Gasteiger partial charge in [-0.2, -0.15) is 0 Å². The number of hydrogen-bond acceptors (Lipinski definition) is 3. The van der Waals surface area contributed by atoms with Gasteiger partial charge in [0.2, 0.25) is 0 Å². The van der Waals surface area contributed by atoms with Crippen molar-refractivity contribution in [1.29, 1.82) is 0 Å². The molecule has 0 fully saturated rings. The minimum Gasteiger partial charge on any atom is -0.431 e. The van der Waals surface area contributed by atoms with Crippen molar-refractivity contribution in [1.82, 2.24) is 0 Å². The Hall–Kier alpha value is -0.500. The van der Waals surface area contributed by atoms with E-state index in [0.717, 1.165) is 11.1 Å². The standard InChI is InChI=1S/C14H22ClO3P/c1-10(2)12-7-6-8-13(11(3)4)14(12)18-19(15,16)9-17-5/h6-8,10-11H,9H2,1-5H3. The number of halogens is 1. The summed E-state index contributed by atoms with van der Waals surface area (Å²) in [6.45, 7) is 4.99. The Balaban J connectivity index is 3.25. The van der Waals surface area contributed by atoms with E-state index in [9.17, 15) is 4.57 Å². The highest BCUT2D eigenvalue weighted by Gasteiger charge is 2.25. The summed E-state index contributed by atoms with van der Waals surface area (Å²) < 4.78 is 22.6. The first-order valence-electron chi connectivity index (χ1n) is 6.38. The molecule has 3 nitrogen and oxygen atoms in total. The summed E-state index contributed by atoms with van der Waals surface area (Å²) in [6.07, 6.45) is -0.0987. The molecule has 0 aromatic heterocycles. The van der Waals surface area contributed by atoms with Gasteiger partial charge in [-0.15, -0.1) is 0 Å². The zero-order valence-corrected chi connectivity index (χ0v) is 13.8. The molecule has 0 aliphatic heterocycles. The van der Waals surface area contributed by atoms with Crippen LogP contribution in [0.1, 0.15) is 50.7 Å². The Morgan fingerprint density at radius 3 is 2.00 bits per heavy atom. The average Bonchev–Trinajstić information content (AvgIpc) is 2.27. The molecule has 0 bridgehead atoms. The lowest BCUT2D eigenvalue weighted by atomic mass is 9.94. The first-order valence-corrected chi connectivity index (χ1v) is 9.10. The maximum atomic E-state index is 12.2. The Morgan fingerprint density at radius 2 is 1.63 bits per heavy atom. The summed E-state index contributed by atoms with van der Waals surface area (Å²) >= 11 is 5.93. The molecule has 1 aromatic rings. The van der Waals surface area contributed by atoms with Crippen molar-refractivity contribution in [3.8, 4) is 5.75 Å². The quantitative estimate of drug-likeness (QED) is 0.665.